The maximum atomic E-state index is 6.03. The second kappa shape index (κ2) is 4.80. The molecule has 1 aliphatic heterocycles. The lowest BCUT2D eigenvalue weighted by molar-refractivity contribution is 0.00578. The Labute approximate surface area is 117 Å². The summed E-state index contributed by atoms with van der Waals surface area (Å²) in [4.78, 5) is 0. The molecule has 2 nitrogen and oxygen atoms in total. The van der Waals surface area contributed by atoms with Gasteiger partial charge in [0.05, 0.1) is 11.2 Å². The summed E-state index contributed by atoms with van der Waals surface area (Å²) in [6, 6.07) is 8.37. The minimum absolute atomic E-state index is 0.272. The summed E-state index contributed by atoms with van der Waals surface area (Å²) in [5.74, 6) is 0. The topological polar surface area (TPSA) is 18.5 Å². The van der Waals surface area contributed by atoms with Gasteiger partial charge in [-0.15, -0.1) is 0 Å². The second-order valence-electron chi connectivity index (χ2n) is 6.48. The molecule has 0 radical (unpaired) electrons. The van der Waals surface area contributed by atoms with Gasteiger partial charge in [-0.25, -0.2) is 0 Å². The summed E-state index contributed by atoms with van der Waals surface area (Å²) < 4.78 is 12.1. The summed E-state index contributed by atoms with van der Waals surface area (Å²) in [7, 11) is -0.272. The van der Waals surface area contributed by atoms with Crippen molar-refractivity contribution in [3.8, 4) is 0 Å². The Kier molecular flexibility index (Phi) is 3.63. The van der Waals surface area contributed by atoms with Crippen LogP contribution in [-0.4, -0.2) is 18.3 Å². The Balaban J connectivity index is 2.19. The molecule has 19 heavy (non-hydrogen) atoms. The van der Waals surface area contributed by atoms with Crippen LogP contribution < -0.4 is 5.46 Å². The molecule has 0 atom stereocenters. The first-order chi connectivity index (χ1) is 8.71. The monoisotopic (exact) mass is 258 g/mol. The smallest absolute Gasteiger partial charge is 0.399 e. The number of hydrogen-bond acceptors (Lipinski definition) is 2. The van der Waals surface area contributed by atoms with Crippen molar-refractivity contribution in [3.63, 3.8) is 0 Å². The zero-order chi connectivity index (χ0) is 14.3. The summed E-state index contributed by atoms with van der Waals surface area (Å²) in [6.07, 6.45) is 2.16. The molecule has 1 saturated heterocycles. The molecule has 0 saturated carbocycles. The Morgan fingerprint density at radius 3 is 1.84 bits per heavy atom. The highest BCUT2D eigenvalue weighted by Crippen LogP contribution is 2.36. The standard InChI is InChI=1S/C16H23BO2/c1-12(2)11-13-7-9-14(10-8-13)17-18-15(3,4)16(5,6)19-17/h7-11H,1-6H3. The summed E-state index contributed by atoms with van der Waals surface area (Å²) in [5, 5.41) is 0. The minimum atomic E-state index is -0.282. The van der Waals surface area contributed by atoms with Gasteiger partial charge in [-0.05, 0) is 52.6 Å². The van der Waals surface area contributed by atoms with Crippen LogP contribution in [0.2, 0.25) is 0 Å². The first kappa shape index (κ1) is 14.4. The van der Waals surface area contributed by atoms with E-state index in [9.17, 15) is 0 Å². The first-order valence-electron chi connectivity index (χ1n) is 6.82. The van der Waals surface area contributed by atoms with E-state index in [1.807, 2.05) is 0 Å². The molecule has 0 aliphatic carbocycles. The molecule has 0 bridgehead atoms. The van der Waals surface area contributed by atoms with Crippen molar-refractivity contribution in [3.05, 3.63) is 35.4 Å². The van der Waals surface area contributed by atoms with Gasteiger partial charge in [-0.2, -0.15) is 0 Å². The van der Waals surface area contributed by atoms with E-state index >= 15 is 0 Å². The Morgan fingerprint density at radius 1 is 0.947 bits per heavy atom. The summed E-state index contributed by atoms with van der Waals surface area (Å²) >= 11 is 0. The van der Waals surface area contributed by atoms with Crippen LogP contribution in [0, 0.1) is 0 Å². The number of benzene rings is 1. The fourth-order valence-electron chi connectivity index (χ4n) is 2.06. The maximum Gasteiger partial charge on any atom is 0.494 e. The van der Waals surface area contributed by atoms with Crippen LogP contribution >= 0.6 is 0 Å². The molecule has 0 unspecified atom stereocenters. The van der Waals surface area contributed by atoms with Gasteiger partial charge >= 0.3 is 7.12 Å². The molecule has 0 amide bonds. The van der Waals surface area contributed by atoms with E-state index in [0.29, 0.717) is 0 Å². The fourth-order valence-corrected chi connectivity index (χ4v) is 2.06. The predicted octanol–water partition coefficient (Wildman–Crippen LogP) is 3.41. The molecule has 2 rings (SSSR count). The van der Waals surface area contributed by atoms with Crippen LogP contribution in [-0.2, 0) is 9.31 Å². The molecule has 3 heteroatoms. The fraction of sp³-hybridized carbons (Fsp3) is 0.500. The third-order valence-corrected chi connectivity index (χ3v) is 3.92. The van der Waals surface area contributed by atoms with E-state index in [1.165, 1.54) is 11.1 Å². The molecule has 1 aliphatic rings. The summed E-state index contributed by atoms with van der Waals surface area (Å²) in [5.41, 5.74) is 3.01. The molecule has 1 aromatic carbocycles. The predicted molar refractivity (Wildman–Crippen MR) is 81.5 cm³/mol. The van der Waals surface area contributed by atoms with Gasteiger partial charge in [-0.3, -0.25) is 0 Å². The normalized spacial score (nSPS) is 20.4. The second-order valence-corrected chi connectivity index (χ2v) is 6.48. The molecule has 1 fully saturated rings. The lowest BCUT2D eigenvalue weighted by Crippen LogP contribution is -2.41. The highest BCUT2D eigenvalue weighted by Gasteiger charge is 2.51. The van der Waals surface area contributed by atoms with Crippen molar-refractivity contribution < 1.29 is 9.31 Å². The zero-order valence-electron chi connectivity index (χ0n) is 12.8. The van der Waals surface area contributed by atoms with Gasteiger partial charge in [0.1, 0.15) is 0 Å². The van der Waals surface area contributed by atoms with E-state index in [4.69, 9.17) is 9.31 Å². The molecule has 0 N–H and O–H groups in total. The lowest BCUT2D eigenvalue weighted by atomic mass is 9.79. The van der Waals surface area contributed by atoms with Crippen LogP contribution in [0.5, 0.6) is 0 Å². The van der Waals surface area contributed by atoms with Crippen LogP contribution in [0.15, 0.2) is 29.8 Å². The average Bonchev–Trinajstić information content (AvgIpc) is 2.48. The van der Waals surface area contributed by atoms with Crippen LogP contribution in [0.4, 0.5) is 0 Å². The van der Waals surface area contributed by atoms with Crippen LogP contribution in [0.3, 0.4) is 0 Å². The largest absolute Gasteiger partial charge is 0.494 e. The SMILES string of the molecule is CC(C)=Cc1ccc(B2OC(C)(C)C(C)(C)O2)cc1. The lowest BCUT2D eigenvalue weighted by Gasteiger charge is -2.32. The first-order valence-corrected chi connectivity index (χ1v) is 6.82. The van der Waals surface area contributed by atoms with Crippen molar-refractivity contribution in [2.45, 2.75) is 52.7 Å². The van der Waals surface area contributed by atoms with E-state index in [-0.39, 0.29) is 18.3 Å². The van der Waals surface area contributed by atoms with Gasteiger partial charge in [-0.1, -0.05) is 35.9 Å². The number of allylic oxidation sites excluding steroid dienone is 1. The van der Waals surface area contributed by atoms with Gasteiger partial charge in [0.15, 0.2) is 0 Å². The average molecular weight is 258 g/mol. The van der Waals surface area contributed by atoms with Crippen LogP contribution in [0.25, 0.3) is 6.08 Å². The number of hydrogen-bond donors (Lipinski definition) is 0. The van der Waals surface area contributed by atoms with Gasteiger partial charge in [0.2, 0.25) is 0 Å². The highest BCUT2D eigenvalue weighted by atomic mass is 16.7. The third-order valence-electron chi connectivity index (χ3n) is 3.92. The van der Waals surface area contributed by atoms with Crippen molar-refractivity contribution in [1.82, 2.24) is 0 Å². The Morgan fingerprint density at radius 2 is 1.42 bits per heavy atom. The Bertz CT molecular complexity index is 466. The molecule has 1 heterocycles. The van der Waals surface area contributed by atoms with Crippen molar-refractivity contribution >= 4 is 18.7 Å². The molecular weight excluding hydrogens is 235 g/mol. The zero-order valence-corrected chi connectivity index (χ0v) is 12.8. The van der Waals surface area contributed by atoms with Gasteiger partial charge < -0.3 is 9.31 Å². The summed E-state index contributed by atoms with van der Waals surface area (Å²) in [6.45, 7) is 12.5. The van der Waals surface area contributed by atoms with Crippen molar-refractivity contribution in [1.29, 1.82) is 0 Å². The number of rotatable bonds is 2. The quantitative estimate of drug-likeness (QED) is 0.757. The van der Waals surface area contributed by atoms with E-state index < -0.39 is 0 Å². The molecule has 102 valence electrons. The van der Waals surface area contributed by atoms with Crippen molar-refractivity contribution in [2.75, 3.05) is 0 Å². The van der Waals surface area contributed by atoms with E-state index in [2.05, 4.69) is 71.9 Å². The van der Waals surface area contributed by atoms with Crippen LogP contribution in [0.1, 0.15) is 47.1 Å². The van der Waals surface area contributed by atoms with E-state index in [1.54, 1.807) is 0 Å². The molecular formula is C16H23BO2. The molecule has 1 aromatic rings. The van der Waals surface area contributed by atoms with Crippen molar-refractivity contribution in [2.24, 2.45) is 0 Å². The molecule has 0 spiro atoms. The molecule has 0 aromatic heterocycles. The van der Waals surface area contributed by atoms with E-state index in [0.717, 1.165) is 5.46 Å². The van der Waals surface area contributed by atoms with Gasteiger partial charge in [0, 0.05) is 0 Å². The highest BCUT2D eigenvalue weighted by molar-refractivity contribution is 6.62. The maximum absolute atomic E-state index is 6.03. The Hall–Kier alpha value is -1.06. The van der Waals surface area contributed by atoms with Gasteiger partial charge in [0.25, 0.3) is 0 Å². The minimum Gasteiger partial charge on any atom is -0.399 e. The third kappa shape index (κ3) is 2.93.